The maximum atomic E-state index is 5.56. The Balaban J connectivity index is 2.07. The average Bonchev–Trinajstić information content (AvgIpc) is 2.84. The maximum Gasteiger partial charge on any atom is 0.0518 e. The zero-order valence-corrected chi connectivity index (χ0v) is 9.18. The minimum absolute atomic E-state index is 0.376. The fraction of sp³-hybridized carbons (Fsp3) is 1.00. The molecular formula is C11H23NO. The molecule has 0 bridgehead atoms. The second-order valence-electron chi connectivity index (χ2n) is 4.21. The van der Waals surface area contributed by atoms with E-state index in [0.29, 0.717) is 12.1 Å². The first kappa shape index (κ1) is 11.0. The van der Waals surface area contributed by atoms with Crippen LogP contribution in [0.25, 0.3) is 0 Å². The van der Waals surface area contributed by atoms with Gasteiger partial charge < -0.3 is 10.1 Å². The van der Waals surface area contributed by atoms with Crippen LogP contribution in [0.15, 0.2) is 0 Å². The Morgan fingerprint density at radius 2 is 2.08 bits per heavy atom. The molecule has 1 rings (SSSR count). The second-order valence-corrected chi connectivity index (χ2v) is 4.21. The summed E-state index contributed by atoms with van der Waals surface area (Å²) in [4.78, 5) is 0. The zero-order chi connectivity index (χ0) is 9.68. The van der Waals surface area contributed by atoms with E-state index in [4.69, 9.17) is 4.74 Å². The Hall–Kier alpha value is -0.0800. The van der Waals surface area contributed by atoms with Gasteiger partial charge in [-0.1, -0.05) is 6.92 Å². The predicted molar refractivity (Wildman–Crippen MR) is 55.9 cm³/mol. The SMILES string of the molecule is CCNC(CCOC(C)C)C1CC1. The lowest BCUT2D eigenvalue weighted by molar-refractivity contribution is 0.0702. The van der Waals surface area contributed by atoms with Crippen LogP contribution in [0.2, 0.25) is 0 Å². The molecule has 2 nitrogen and oxygen atoms in total. The van der Waals surface area contributed by atoms with E-state index in [2.05, 4.69) is 26.1 Å². The summed E-state index contributed by atoms with van der Waals surface area (Å²) < 4.78 is 5.56. The van der Waals surface area contributed by atoms with Crippen molar-refractivity contribution in [3.05, 3.63) is 0 Å². The Morgan fingerprint density at radius 1 is 1.38 bits per heavy atom. The van der Waals surface area contributed by atoms with Crippen molar-refractivity contribution < 1.29 is 4.74 Å². The van der Waals surface area contributed by atoms with Gasteiger partial charge in [-0.3, -0.25) is 0 Å². The molecule has 2 heteroatoms. The molecule has 1 atom stereocenters. The Bertz CT molecular complexity index is 132. The van der Waals surface area contributed by atoms with E-state index in [1.807, 2.05) is 0 Å². The van der Waals surface area contributed by atoms with E-state index >= 15 is 0 Å². The van der Waals surface area contributed by atoms with Gasteiger partial charge in [0.05, 0.1) is 6.10 Å². The minimum atomic E-state index is 0.376. The third kappa shape index (κ3) is 4.63. The first-order chi connectivity index (χ1) is 6.24. The number of hydrogen-bond acceptors (Lipinski definition) is 2. The lowest BCUT2D eigenvalue weighted by Crippen LogP contribution is -2.32. The summed E-state index contributed by atoms with van der Waals surface area (Å²) >= 11 is 0. The van der Waals surface area contributed by atoms with Crippen LogP contribution in [-0.2, 0) is 4.74 Å². The summed E-state index contributed by atoms with van der Waals surface area (Å²) in [5.41, 5.74) is 0. The van der Waals surface area contributed by atoms with Crippen molar-refractivity contribution >= 4 is 0 Å². The number of rotatable bonds is 7. The van der Waals surface area contributed by atoms with Crippen LogP contribution in [0.3, 0.4) is 0 Å². The van der Waals surface area contributed by atoms with Gasteiger partial charge in [0.1, 0.15) is 0 Å². The highest BCUT2D eigenvalue weighted by atomic mass is 16.5. The molecule has 13 heavy (non-hydrogen) atoms. The molecule has 0 aromatic heterocycles. The molecule has 0 saturated heterocycles. The molecule has 0 spiro atoms. The quantitative estimate of drug-likeness (QED) is 0.656. The van der Waals surface area contributed by atoms with Crippen LogP contribution < -0.4 is 5.32 Å². The molecule has 0 radical (unpaired) electrons. The molecule has 0 aliphatic heterocycles. The van der Waals surface area contributed by atoms with Crippen LogP contribution in [0.4, 0.5) is 0 Å². The molecule has 1 saturated carbocycles. The number of ether oxygens (including phenoxy) is 1. The molecule has 0 aromatic carbocycles. The van der Waals surface area contributed by atoms with Gasteiger partial charge in [0, 0.05) is 12.6 Å². The van der Waals surface area contributed by atoms with Crippen LogP contribution in [-0.4, -0.2) is 25.3 Å². The zero-order valence-electron chi connectivity index (χ0n) is 9.18. The predicted octanol–water partition coefficient (Wildman–Crippen LogP) is 2.19. The molecule has 78 valence electrons. The highest BCUT2D eigenvalue weighted by molar-refractivity contribution is 4.85. The molecule has 0 aromatic rings. The first-order valence-electron chi connectivity index (χ1n) is 5.59. The molecule has 0 amide bonds. The fourth-order valence-electron chi connectivity index (χ4n) is 1.70. The molecule has 1 aliphatic carbocycles. The highest BCUT2D eigenvalue weighted by Gasteiger charge is 2.29. The van der Waals surface area contributed by atoms with Gasteiger partial charge in [0.25, 0.3) is 0 Å². The summed E-state index contributed by atoms with van der Waals surface area (Å²) in [7, 11) is 0. The molecule has 0 heterocycles. The van der Waals surface area contributed by atoms with Gasteiger partial charge in [0.2, 0.25) is 0 Å². The summed E-state index contributed by atoms with van der Waals surface area (Å²) in [5.74, 6) is 0.940. The average molecular weight is 185 g/mol. The maximum absolute atomic E-state index is 5.56. The molecule has 1 N–H and O–H groups in total. The van der Waals surface area contributed by atoms with Crippen molar-refractivity contribution in [1.29, 1.82) is 0 Å². The van der Waals surface area contributed by atoms with E-state index in [9.17, 15) is 0 Å². The third-order valence-electron chi connectivity index (χ3n) is 2.54. The van der Waals surface area contributed by atoms with E-state index in [1.54, 1.807) is 0 Å². The fourth-order valence-corrected chi connectivity index (χ4v) is 1.70. The number of nitrogens with one attached hydrogen (secondary N) is 1. The van der Waals surface area contributed by atoms with Crippen LogP contribution in [0.1, 0.15) is 40.0 Å². The van der Waals surface area contributed by atoms with Gasteiger partial charge in [-0.25, -0.2) is 0 Å². The largest absolute Gasteiger partial charge is 0.379 e. The third-order valence-corrected chi connectivity index (χ3v) is 2.54. The van der Waals surface area contributed by atoms with Gasteiger partial charge >= 0.3 is 0 Å². The number of hydrogen-bond donors (Lipinski definition) is 1. The molecular weight excluding hydrogens is 162 g/mol. The lowest BCUT2D eigenvalue weighted by atomic mass is 10.1. The summed E-state index contributed by atoms with van der Waals surface area (Å²) in [6.07, 6.45) is 4.39. The summed E-state index contributed by atoms with van der Waals surface area (Å²) in [5, 5.41) is 3.54. The Morgan fingerprint density at radius 3 is 2.54 bits per heavy atom. The molecule has 1 fully saturated rings. The minimum Gasteiger partial charge on any atom is -0.379 e. The van der Waals surface area contributed by atoms with Crippen molar-refractivity contribution in [2.75, 3.05) is 13.2 Å². The first-order valence-corrected chi connectivity index (χ1v) is 5.59. The van der Waals surface area contributed by atoms with E-state index in [0.717, 1.165) is 19.1 Å². The van der Waals surface area contributed by atoms with Gasteiger partial charge in [-0.15, -0.1) is 0 Å². The van der Waals surface area contributed by atoms with Crippen molar-refractivity contribution in [2.45, 2.75) is 52.2 Å². The standard InChI is InChI=1S/C11H23NO/c1-4-12-11(10-5-6-10)7-8-13-9(2)3/h9-12H,4-8H2,1-3H3. The van der Waals surface area contributed by atoms with E-state index < -0.39 is 0 Å². The second kappa shape index (κ2) is 5.61. The van der Waals surface area contributed by atoms with Gasteiger partial charge in [-0.2, -0.15) is 0 Å². The van der Waals surface area contributed by atoms with Crippen LogP contribution in [0, 0.1) is 5.92 Å². The van der Waals surface area contributed by atoms with E-state index in [-0.39, 0.29) is 0 Å². The smallest absolute Gasteiger partial charge is 0.0518 e. The van der Waals surface area contributed by atoms with E-state index in [1.165, 1.54) is 19.3 Å². The normalized spacial score (nSPS) is 19.4. The monoisotopic (exact) mass is 185 g/mol. The van der Waals surface area contributed by atoms with Gasteiger partial charge in [-0.05, 0) is 45.6 Å². The Labute approximate surface area is 82.0 Å². The summed E-state index contributed by atoms with van der Waals surface area (Å²) in [6, 6.07) is 0.712. The van der Waals surface area contributed by atoms with Gasteiger partial charge in [0.15, 0.2) is 0 Å². The van der Waals surface area contributed by atoms with Crippen molar-refractivity contribution in [2.24, 2.45) is 5.92 Å². The van der Waals surface area contributed by atoms with Crippen molar-refractivity contribution in [1.82, 2.24) is 5.32 Å². The highest BCUT2D eigenvalue weighted by Crippen LogP contribution is 2.33. The van der Waals surface area contributed by atoms with Crippen molar-refractivity contribution in [3.8, 4) is 0 Å². The topological polar surface area (TPSA) is 21.3 Å². The molecule has 1 unspecified atom stereocenters. The van der Waals surface area contributed by atoms with Crippen molar-refractivity contribution in [3.63, 3.8) is 0 Å². The van der Waals surface area contributed by atoms with Crippen LogP contribution in [0.5, 0.6) is 0 Å². The lowest BCUT2D eigenvalue weighted by Gasteiger charge is -2.17. The summed E-state index contributed by atoms with van der Waals surface area (Å²) in [6.45, 7) is 8.37. The Kier molecular flexibility index (Phi) is 4.74. The van der Waals surface area contributed by atoms with Crippen LogP contribution >= 0.6 is 0 Å². The molecule has 1 aliphatic rings.